The Balaban J connectivity index is 2.41. The molecule has 84 valence electrons. The summed E-state index contributed by atoms with van der Waals surface area (Å²) in [6.07, 6.45) is -0.676. The second-order valence-corrected chi connectivity index (χ2v) is 5.33. The molecule has 0 amide bonds. The van der Waals surface area contributed by atoms with Gasteiger partial charge < -0.3 is 5.11 Å². The molecule has 0 fully saturated rings. The third-order valence-electron chi connectivity index (χ3n) is 2.41. The summed E-state index contributed by atoms with van der Waals surface area (Å²) >= 11 is 13.4. The Labute approximate surface area is 108 Å². The first-order valence-corrected chi connectivity index (χ1v) is 6.40. The van der Waals surface area contributed by atoms with E-state index in [4.69, 9.17) is 23.2 Å². The molecule has 0 saturated carbocycles. The molecule has 1 aromatic carbocycles. The molecule has 0 radical (unpaired) electrons. The summed E-state index contributed by atoms with van der Waals surface area (Å²) in [5.41, 5.74) is 1.76. The van der Waals surface area contributed by atoms with E-state index in [0.29, 0.717) is 15.6 Å². The molecule has 0 aliphatic carbocycles. The smallest absolute Gasteiger partial charge is 0.115 e. The molecule has 1 atom stereocenters. The van der Waals surface area contributed by atoms with Gasteiger partial charge >= 0.3 is 0 Å². The predicted molar refractivity (Wildman–Crippen MR) is 69.6 cm³/mol. The van der Waals surface area contributed by atoms with E-state index >= 15 is 0 Å². The van der Waals surface area contributed by atoms with E-state index in [9.17, 15) is 5.11 Å². The van der Waals surface area contributed by atoms with Crippen LogP contribution in [0.4, 0.5) is 0 Å². The Hall–Kier alpha value is -0.540. The van der Waals surface area contributed by atoms with Crippen LogP contribution in [0.1, 0.15) is 22.1 Å². The SMILES string of the molecule is Cc1ccsc1C(O)c1ccc(Cl)cc1Cl. The first kappa shape index (κ1) is 11.9. The molecule has 2 rings (SSSR count). The number of aliphatic hydroxyl groups is 1. The molecule has 1 unspecified atom stereocenters. The fourth-order valence-corrected chi connectivity index (χ4v) is 2.97. The summed E-state index contributed by atoms with van der Waals surface area (Å²) in [5, 5.41) is 13.2. The van der Waals surface area contributed by atoms with Crippen molar-refractivity contribution < 1.29 is 5.11 Å². The van der Waals surface area contributed by atoms with Crippen molar-refractivity contribution in [1.29, 1.82) is 0 Å². The van der Waals surface area contributed by atoms with Gasteiger partial charge in [0.15, 0.2) is 0 Å². The molecule has 0 spiro atoms. The fourth-order valence-electron chi connectivity index (χ4n) is 1.53. The molecular weight excluding hydrogens is 263 g/mol. The van der Waals surface area contributed by atoms with E-state index in [1.54, 1.807) is 18.2 Å². The normalized spacial score (nSPS) is 12.8. The Bertz CT molecular complexity index is 507. The molecule has 0 aliphatic heterocycles. The van der Waals surface area contributed by atoms with Crippen molar-refractivity contribution >= 4 is 34.5 Å². The lowest BCUT2D eigenvalue weighted by Gasteiger charge is -2.12. The maximum atomic E-state index is 10.2. The summed E-state index contributed by atoms with van der Waals surface area (Å²) in [7, 11) is 0. The van der Waals surface area contributed by atoms with Crippen molar-refractivity contribution in [3.05, 3.63) is 55.7 Å². The molecular formula is C12H10Cl2OS. The summed E-state index contributed by atoms with van der Waals surface area (Å²) in [6, 6.07) is 7.11. The van der Waals surface area contributed by atoms with Crippen molar-refractivity contribution in [1.82, 2.24) is 0 Å². The van der Waals surface area contributed by atoms with Crippen LogP contribution in [0.25, 0.3) is 0 Å². The zero-order valence-corrected chi connectivity index (χ0v) is 10.9. The van der Waals surface area contributed by atoms with E-state index in [2.05, 4.69) is 0 Å². The molecule has 0 bridgehead atoms. The summed E-state index contributed by atoms with van der Waals surface area (Å²) < 4.78 is 0. The number of halogens is 2. The topological polar surface area (TPSA) is 20.2 Å². The van der Waals surface area contributed by atoms with Crippen LogP contribution in [0, 0.1) is 6.92 Å². The second-order valence-electron chi connectivity index (χ2n) is 3.54. The maximum Gasteiger partial charge on any atom is 0.115 e. The fraction of sp³-hybridized carbons (Fsp3) is 0.167. The van der Waals surface area contributed by atoms with Gasteiger partial charge in [-0.2, -0.15) is 0 Å². The van der Waals surface area contributed by atoms with Gasteiger partial charge in [0, 0.05) is 20.5 Å². The average molecular weight is 273 g/mol. The highest BCUT2D eigenvalue weighted by atomic mass is 35.5. The van der Waals surface area contributed by atoms with E-state index in [1.165, 1.54) is 11.3 Å². The molecule has 1 N–H and O–H groups in total. The van der Waals surface area contributed by atoms with Crippen LogP contribution < -0.4 is 0 Å². The van der Waals surface area contributed by atoms with E-state index < -0.39 is 6.10 Å². The summed E-state index contributed by atoms with van der Waals surface area (Å²) in [6.45, 7) is 1.97. The standard InChI is InChI=1S/C12H10Cl2OS/c1-7-4-5-16-12(7)11(15)9-3-2-8(13)6-10(9)14/h2-6,11,15H,1H3. The van der Waals surface area contributed by atoms with Crippen molar-refractivity contribution in [3.8, 4) is 0 Å². The molecule has 1 aromatic heterocycles. The first-order chi connectivity index (χ1) is 7.59. The highest BCUT2D eigenvalue weighted by Gasteiger charge is 2.17. The van der Waals surface area contributed by atoms with Crippen LogP contribution in [0.3, 0.4) is 0 Å². The Morgan fingerprint density at radius 1 is 1.25 bits per heavy atom. The summed E-state index contributed by atoms with van der Waals surface area (Å²) in [5.74, 6) is 0. The lowest BCUT2D eigenvalue weighted by molar-refractivity contribution is 0.223. The Morgan fingerprint density at radius 2 is 2.00 bits per heavy atom. The lowest BCUT2D eigenvalue weighted by Crippen LogP contribution is -1.99. The van der Waals surface area contributed by atoms with Gasteiger partial charge in [-0.15, -0.1) is 11.3 Å². The van der Waals surface area contributed by atoms with E-state index in [1.807, 2.05) is 18.4 Å². The average Bonchev–Trinajstić information content (AvgIpc) is 2.63. The van der Waals surface area contributed by atoms with Gasteiger partial charge in [0.25, 0.3) is 0 Å². The second kappa shape index (κ2) is 4.76. The minimum Gasteiger partial charge on any atom is -0.383 e. The van der Waals surface area contributed by atoms with Crippen LogP contribution in [-0.4, -0.2) is 5.11 Å². The Kier molecular flexibility index (Phi) is 3.55. The molecule has 16 heavy (non-hydrogen) atoms. The molecule has 1 heterocycles. The highest BCUT2D eigenvalue weighted by molar-refractivity contribution is 7.10. The minimum atomic E-state index is -0.676. The van der Waals surface area contributed by atoms with Crippen LogP contribution in [0.5, 0.6) is 0 Å². The third kappa shape index (κ3) is 2.25. The zero-order chi connectivity index (χ0) is 11.7. The number of benzene rings is 1. The zero-order valence-electron chi connectivity index (χ0n) is 8.58. The summed E-state index contributed by atoms with van der Waals surface area (Å²) in [4.78, 5) is 0.921. The monoisotopic (exact) mass is 272 g/mol. The van der Waals surface area contributed by atoms with Gasteiger partial charge in [0.1, 0.15) is 6.10 Å². The predicted octanol–water partition coefficient (Wildman–Crippen LogP) is 4.45. The first-order valence-electron chi connectivity index (χ1n) is 4.76. The quantitative estimate of drug-likeness (QED) is 0.857. The van der Waals surface area contributed by atoms with Gasteiger partial charge in [-0.3, -0.25) is 0 Å². The molecule has 4 heteroatoms. The molecule has 2 aromatic rings. The lowest BCUT2D eigenvalue weighted by atomic mass is 10.1. The van der Waals surface area contributed by atoms with Gasteiger partial charge in [-0.1, -0.05) is 29.3 Å². The van der Waals surface area contributed by atoms with Gasteiger partial charge in [-0.25, -0.2) is 0 Å². The van der Waals surface area contributed by atoms with Crippen molar-refractivity contribution in [2.45, 2.75) is 13.0 Å². The maximum absolute atomic E-state index is 10.2. The number of aliphatic hydroxyl groups excluding tert-OH is 1. The Morgan fingerprint density at radius 3 is 2.56 bits per heavy atom. The van der Waals surface area contributed by atoms with Crippen molar-refractivity contribution in [3.63, 3.8) is 0 Å². The third-order valence-corrected chi connectivity index (χ3v) is 4.04. The van der Waals surface area contributed by atoms with Crippen LogP contribution in [0.15, 0.2) is 29.6 Å². The molecule has 1 nitrogen and oxygen atoms in total. The van der Waals surface area contributed by atoms with Crippen LogP contribution >= 0.6 is 34.5 Å². The van der Waals surface area contributed by atoms with Crippen LogP contribution in [0.2, 0.25) is 10.0 Å². The number of aryl methyl sites for hydroxylation is 1. The number of hydrogen-bond acceptors (Lipinski definition) is 2. The van der Waals surface area contributed by atoms with Gasteiger partial charge in [-0.05, 0) is 36.1 Å². The van der Waals surface area contributed by atoms with Crippen molar-refractivity contribution in [2.75, 3.05) is 0 Å². The van der Waals surface area contributed by atoms with Crippen molar-refractivity contribution in [2.24, 2.45) is 0 Å². The minimum absolute atomic E-state index is 0.493. The molecule has 0 aliphatic rings. The van der Waals surface area contributed by atoms with Crippen LogP contribution in [-0.2, 0) is 0 Å². The van der Waals surface area contributed by atoms with E-state index in [-0.39, 0.29) is 0 Å². The number of thiophene rings is 1. The molecule has 0 saturated heterocycles. The largest absolute Gasteiger partial charge is 0.383 e. The van der Waals surface area contributed by atoms with E-state index in [0.717, 1.165) is 10.4 Å². The van der Waals surface area contributed by atoms with Gasteiger partial charge in [0.05, 0.1) is 0 Å². The number of rotatable bonds is 2. The van der Waals surface area contributed by atoms with Gasteiger partial charge in [0.2, 0.25) is 0 Å². The number of hydrogen-bond donors (Lipinski definition) is 1. The highest BCUT2D eigenvalue weighted by Crippen LogP contribution is 2.34.